The number of H-pyrrole nitrogens is 1. The van der Waals surface area contributed by atoms with Crippen molar-refractivity contribution in [2.45, 2.75) is 6.92 Å². The number of fused-ring (bicyclic) bond motifs is 1. The second-order valence-electron chi connectivity index (χ2n) is 4.93. The average Bonchev–Trinajstić information content (AvgIpc) is 2.85. The van der Waals surface area contributed by atoms with Gasteiger partial charge in [-0.3, -0.25) is 4.79 Å². The lowest BCUT2D eigenvalue weighted by molar-refractivity contribution is 0.102. The smallest absolute Gasteiger partial charge is 0.258 e. The molecule has 0 aliphatic carbocycles. The van der Waals surface area contributed by atoms with Crippen molar-refractivity contribution in [1.29, 1.82) is 5.26 Å². The molecule has 3 aromatic rings. The van der Waals surface area contributed by atoms with Crippen LogP contribution in [0.5, 0.6) is 0 Å². The molecule has 0 unspecified atom stereocenters. The largest absolute Gasteiger partial charge is 0.358 e. The summed E-state index contributed by atoms with van der Waals surface area (Å²) in [6.07, 6.45) is 0. The number of nitrogens with one attached hydrogen (secondary N) is 2. The minimum atomic E-state index is -0.447. The molecule has 1 heterocycles. The van der Waals surface area contributed by atoms with Crippen LogP contribution in [0.25, 0.3) is 10.9 Å². The zero-order chi connectivity index (χ0) is 15.7. The van der Waals surface area contributed by atoms with E-state index in [2.05, 4.69) is 10.3 Å². The van der Waals surface area contributed by atoms with Gasteiger partial charge in [-0.2, -0.15) is 5.26 Å². The van der Waals surface area contributed by atoms with Crippen LogP contribution in [0.4, 0.5) is 10.1 Å². The number of nitrogens with zero attached hydrogens (tertiary/aromatic N) is 1. The molecule has 0 aliphatic heterocycles. The summed E-state index contributed by atoms with van der Waals surface area (Å²) in [5.74, 6) is -0.860. The fourth-order valence-corrected chi connectivity index (χ4v) is 2.48. The molecule has 1 aromatic heterocycles. The molecule has 0 aliphatic rings. The molecule has 0 saturated heterocycles. The third-order valence-electron chi connectivity index (χ3n) is 3.44. The zero-order valence-electron chi connectivity index (χ0n) is 11.8. The number of aromatic nitrogens is 1. The molecule has 0 spiro atoms. The first kappa shape index (κ1) is 13.8. The van der Waals surface area contributed by atoms with Crippen LogP contribution in [-0.2, 0) is 0 Å². The van der Waals surface area contributed by atoms with Gasteiger partial charge in [0.25, 0.3) is 5.91 Å². The number of carbonyl (C=O) groups excluding carboxylic acids is 1. The molecule has 0 saturated carbocycles. The van der Waals surface area contributed by atoms with E-state index in [1.54, 1.807) is 43.3 Å². The van der Waals surface area contributed by atoms with E-state index in [-0.39, 0.29) is 10.9 Å². The van der Waals surface area contributed by atoms with Crippen LogP contribution in [0.3, 0.4) is 0 Å². The van der Waals surface area contributed by atoms with Crippen LogP contribution in [0, 0.1) is 24.1 Å². The topological polar surface area (TPSA) is 68.7 Å². The van der Waals surface area contributed by atoms with E-state index in [1.807, 2.05) is 6.07 Å². The highest BCUT2D eigenvalue weighted by molar-refractivity contribution is 6.14. The number of hydrogen-bond donors (Lipinski definition) is 2. The summed E-state index contributed by atoms with van der Waals surface area (Å²) in [6, 6.07) is 13.2. The van der Waals surface area contributed by atoms with Crippen LogP contribution in [0.1, 0.15) is 21.6 Å². The highest BCUT2D eigenvalue weighted by atomic mass is 19.1. The van der Waals surface area contributed by atoms with Crippen molar-refractivity contribution >= 4 is 22.5 Å². The third kappa shape index (κ3) is 2.31. The predicted molar refractivity (Wildman–Crippen MR) is 82.1 cm³/mol. The average molecular weight is 293 g/mol. The van der Waals surface area contributed by atoms with Crippen LogP contribution >= 0.6 is 0 Å². The summed E-state index contributed by atoms with van der Waals surface area (Å²) < 4.78 is 14.0. The number of aromatic amines is 1. The van der Waals surface area contributed by atoms with Gasteiger partial charge in [0.15, 0.2) is 0 Å². The SMILES string of the molecule is Cc1[nH]c2cccc(F)c2c1C(=O)Nc1cccc(C#N)c1. The van der Waals surface area contributed by atoms with Gasteiger partial charge in [-0.15, -0.1) is 0 Å². The molecule has 0 atom stereocenters. The molecule has 2 N–H and O–H groups in total. The second-order valence-corrected chi connectivity index (χ2v) is 4.93. The molecule has 0 fully saturated rings. The maximum Gasteiger partial charge on any atom is 0.258 e. The maximum atomic E-state index is 14.0. The van der Waals surface area contributed by atoms with Gasteiger partial charge in [0.1, 0.15) is 5.82 Å². The normalized spacial score (nSPS) is 10.4. The Kier molecular flexibility index (Phi) is 3.36. The van der Waals surface area contributed by atoms with Gasteiger partial charge in [0, 0.05) is 22.3 Å². The van der Waals surface area contributed by atoms with E-state index < -0.39 is 11.7 Å². The molecule has 2 aromatic carbocycles. The first-order valence-corrected chi connectivity index (χ1v) is 6.68. The third-order valence-corrected chi connectivity index (χ3v) is 3.44. The van der Waals surface area contributed by atoms with Gasteiger partial charge in [-0.1, -0.05) is 12.1 Å². The van der Waals surface area contributed by atoms with E-state index in [1.165, 1.54) is 6.07 Å². The van der Waals surface area contributed by atoms with E-state index >= 15 is 0 Å². The van der Waals surface area contributed by atoms with Gasteiger partial charge in [0.2, 0.25) is 0 Å². The summed E-state index contributed by atoms with van der Waals surface area (Å²) in [7, 11) is 0. The van der Waals surface area contributed by atoms with Crippen molar-refractivity contribution in [3.63, 3.8) is 0 Å². The van der Waals surface area contributed by atoms with Gasteiger partial charge < -0.3 is 10.3 Å². The van der Waals surface area contributed by atoms with Gasteiger partial charge in [-0.05, 0) is 37.3 Å². The molecular formula is C17H12FN3O. The lowest BCUT2D eigenvalue weighted by Crippen LogP contribution is -2.13. The number of anilines is 1. The highest BCUT2D eigenvalue weighted by Gasteiger charge is 2.19. The molecular weight excluding hydrogens is 281 g/mol. The summed E-state index contributed by atoms with van der Waals surface area (Å²) >= 11 is 0. The Morgan fingerprint density at radius 1 is 1.27 bits per heavy atom. The Morgan fingerprint density at radius 3 is 2.82 bits per heavy atom. The van der Waals surface area contributed by atoms with Gasteiger partial charge in [0.05, 0.1) is 17.2 Å². The number of aryl methyl sites for hydroxylation is 1. The fraction of sp³-hybridized carbons (Fsp3) is 0.0588. The number of benzene rings is 2. The molecule has 0 bridgehead atoms. The van der Waals surface area contributed by atoms with E-state index in [0.29, 0.717) is 22.5 Å². The van der Waals surface area contributed by atoms with E-state index in [0.717, 1.165) is 0 Å². The monoisotopic (exact) mass is 293 g/mol. The van der Waals surface area contributed by atoms with Crippen molar-refractivity contribution in [2.24, 2.45) is 0 Å². The van der Waals surface area contributed by atoms with Crippen molar-refractivity contribution in [3.05, 3.63) is 65.1 Å². The fourth-order valence-electron chi connectivity index (χ4n) is 2.48. The van der Waals surface area contributed by atoms with Crippen LogP contribution in [0.15, 0.2) is 42.5 Å². The lowest BCUT2D eigenvalue weighted by Gasteiger charge is -2.06. The summed E-state index contributed by atoms with van der Waals surface area (Å²) in [4.78, 5) is 15.5. The molecule has 0 radical (unpaired) electrons. The summed E-state index contributed by atoms with van der Waals surface area (Å²) in [5, 5.41) is 11.9. The lowest BCUT2D eigenvalue weighted by atomic mass is 10.1. The van der Waals surface area contributed by atoms with Crippen molar-refractivity contribution < 1.29 is 9.18 Å². The predicted octanol–water partition coefficient (Wildman–Crippen LogP) is 3.74. The van der Waals surface area contributed by atoms with Crippen molar-refractivity contribution in [2.75, 3.05) is 5.32 Å². The number of carbonyl (C=O) groups is 1. The Hall–Kier alpha value is -3.13. The quantitative estimate of drug-likeness (QED) is 0.755. The molecule has 5 heteroatoms. The first-order valence-electron chi connectivity index (χ1n) is 6.68. The maximum absolute atomic E-state index is 14.0. The first-order chi connectivity index (χ1) is 10.6. The Morgan fingerprint density at radius 2 is 2.05 bits per heavy atom. The number of rotatable bonds is 2. The molecule has 22 heavy (non-hydrogen) atoms. The molecule has 4 nitrogen and oxygen atoms in total. The summed E-state index contributed by atoms with van der Waals surface area (Å²) in [5.41, 5.74) is 2.38. The Balaban J connectivity index is 2.02. The minimum Gasteiger partial charge on any atom is -0.358 e. The Labute approximate surface area is 126 Å². The Bertz CT molecular complexity index is 921. The highest BCUT2D eigenvalue weighted by Crippen LogP contribution is 2.25. The van der Waals surface area contributed by atoms with Crippen LogP contribution in [-0.4, -0.2) is 10.9 Å². The molecule has 1 amide bonds. The summed E-state index contributed by atoms with van der Waals surface area (Å²) in [6.45, 7) is 1.72. The van der Waals surface area contributed by atoms with Crippen molar-refractivity contribution in [1.82, 2.24) is 4.98 Å². The minimum absolute atomic E-state index is 0.272. The number of amides is 1. The standard InChI is InChI=1S/C17H12FN3O/c1-10-15(16-13(18)6-3-7-14(16)20-10)17(22)21-12-5-2-4-11(8-12)9-19/h2-8,20H,1H3,(H,21,22). The molecule has 3 rings (SSSR count). The van der Waals surface area contributed by atoms with Gasteiger partial charge in [-0.25, -0.2) is 4.39 Å². The van der Waals surface area contributed by atoms with Crippen LogP contribution in [0.2, 0.25) is 0 Å². The van der Waals surface area contributed by atoms with Crippen molar-refractivity contribution in [3.8, 4) is 6.07 Å². The number of hydrogen-bond acceptors (Lipinski definition) is 2. The van der Waals surface area contributed by atoms with E-state index in [4.69, 9.17) is 5.26 Å². The van der Waals surface area contributed by atoms with E-state index in [9.17, 15) is 9.18 Å². The molecule has 108 valence electrons. The zero-order valence-corrected chi connectivity index (χ0v) is 11.8. The second kappa shape index (κ2) is 5.34. The number of nitriles is 1. The van der Waals surface area contributed by atoms with Crippen LogP contribution < -0.4 is 5.32 Å². The van der Waals surface area contributed by atoms with Gasteiger partial charge >= 0.3 is 0 Å². The number of halogens is 1.